The van der Waals surface area contributed by atoms with Crippen LogP contribution in [0.25, 0.3) is 0 Å². The molecule has 3 heteroatoms. The first-order valence-corrected chi connectivity index (χ1v) is 6.09. The molecule has 0 unspecified atom stereocenters. The Bertz CT molecular complexity index is 233. The highest BCUT2D eigenvalue weighted by atomic mass is 16.5. The van der Waals surface area contributed by atoms with Crippen LogP contribution < -0.4 is 4.74 Å². The number of rotatable bonds is 1. The molecule has 0 radical (unpaired) electrons. The highest BCUT2D eigenvalue weighted by molar-refractivity contribution is 5.16. The Hall–Kier alpha value is -0.990. The van der Waals surface area contributed by atoms with E-state index in [2.05, 4.69) is 12.0 Å². The van der Waals surface area contributed by atoms with Crippen molar-refractivity contribution in [3.8, 4) is 5.88 Å². The summed E-state index contributed by atoms with van der Waals surface area (Å²) in [6, 6.07) is 2.03. The summed E-state index contributed by atoms with van der Waals surface area (Å²) in [5.74, 6) is 0.938. The summed E-state index contributed by atoms with van der Waals surface area (Å²) in [4.78, 5) is 0. The van der Waals surface area contributed by atoms with Crippen LogP contribution in [0.4, 0.5) is 0 Å². The van der Waals surface area contributed by atoms with Crippen LogP contribution in [-0.2, 0) is 13.0 Å². The van der Waals surface area contributed by atoms with Crippen molar-refractivity contribution in [2.75, 3.05) is 6.61 Å². The molecule has 0 aromatic carbocycles. The molecule has 1 aromatic heterocycles. The molecule has 1 aromatic rings. The lowest BCUT2D eigenvalue weighted by molar-refractivity contribution is 0.230. The van der Waals surface area contributed by atoms with Crippen LogP contribution in [-0.4, -0.2) is 16.4 Å². The summed E-state index contributed by atoms with van der Waals surface area (Å²) in [6.45, 7) is 12.0. The molecular weight excluding hydrogens is 188 g/mol. The van der Waals surface area contributed by atoms with Gasteiger partial charge in [0, 0.05) is 19.0 Å². The van der Waals surface area contributed by atoms with Gasteiger partial charge in [-0.25, -0.2) is 4.68 Å². The van der Waals surface area contributed by atoms with E-state index in [1.54, 1.807) is 0 Å². The van der Waals surface area contributed by atoms with Gasteiger partial charge in [-0.1, -0.05) is 34.6 Å². The molecule has 88 valence electrons. The minimum Gasteiger partial charge on any atom is -0.478 e. The fraction of sp³-hybridized carbons (Fsp3) is 0.750. The van der Waals surface area contributed by atoms with E-state index < -0.39 is 0 Å². The molecule has 3 nitrogen and oxygen atoms in total. The molecule has 0 amide bonds. The summed E-state index contributed by atoms with van der Waals surface area (Å²) < 4.78 is 7.35. The van der Waals surface area contributed by atoms with Crippen molar-refractivity contribution in [2.24, 2.45) is 0 Å². The van der Waals surface area contributed by atoms with Crippen LogP contribution in [0.1, 0.15) is 46.7 Å². The lowest BCUT2D eigenvalue weighted by Crippen LogP contribution is -2.14. The molecule has 0 aliphatic carbocycles. The minimum atomic E-state index is 0.842. The van der Waals surface area contributed by atoms with Gasteiger partial charge in [0.25, 0.3) is 0 Å². The maximum absolute atomic E-state index is 5.41. The van der Waals surface area contributed by atoms with Gasteiger partial charge in [0.05, 0.1) is 12.3 Å². The van der Waals surface area contributed by atoms with Crippen molar-refractivity contribution in [1.29, 1.82) is 0 Å². The Morgan fingerprint density at radius 2 is 2.00 bits per heavy atom. The lowest BCUT2D eigenvalue weighted by Gasteiger charge is -2.13. The van der Waals surface area contributed by atoms with E-state index in [1.165, 1.54) is 0 Å². The van der Waals surface area contributed by atoms with Crippen LogP contribution in [0.15, 0.2) is 6.07 Å². The summed E-state index contributed by atoms with van der Waals surface area (Å²) >= 11 is 0. The fourth-order valence-corrected chi connectivity index (χ4v) is 1.29. The summed E-state index contributed by atoms with van der Waals surface area (Å²) in [7, 11) is 0. The van der Waals surface area contributed by atoms with Crippen molar-refractivity contribution in [3.05, 3.63) is 11.8 Å². The largest absolute Gasteiger partial charge is 0.478 e. The molecule has 15 heavy (non-hydrogen) atoms. The fourth-order valence-electron chi connectivity index (χ4n) is 1.29. The van der Waals surface area contributed by atoms with Crippen molar-refractivity contribution < 1.29 is 4.74 Å². The quantitative estimate of drug-likeness (QED) is 0.714. The zero-order chi connectivity index (χ0) is 11.7. The molecule has 1 aliphatic heterocycles. The number of hydrogen-bond donors (Lipinski definition) is 0. The van der Waals surface area contributed by atoms with Gasteiger partial charge in [-0.3, -0.25) is 0 Å². The Balaban J connectivity index is 0.000000442. The number of aromatic nitrogens is 2. The summed E-state index contributed by atoms with van der Waals surface area (Å²) in [5.41, 5.74) is 1.13. The van der Waals surface area contributed by atoms with E-state index in [-0.39, 0.29) is 0 Å². The molecule has 0 spiro atoms. The predicted octanol–water partition coefficient (Wildman–Crippen LogP) is 3.28. The molecule has 0 atom stereocenters. The second-order valence-corrected chi connectivity index (χ2v) is 2.75. The monoisotopic (exact) mass is 212 g/mol. The second-order valence-electron chi connectivity index (χ2n) is 2.75. The van der Waals surface area contributed by atoms with Crippen LogP contribution in [0.2, 0.25) is 0 Å². The molecule has 0 bridgehead atoms. The smallest absolute Gasteiger partial charge is 0.211 e. The van der Waals surface area contributed by atoms with Gasteiger partial charge in [0.15, 0.2) is 0 Å². The number of nitrogens with zero attached hydrogens (tertiary/aromatic N) is 2. The number of fused-ring (bicyclic) bond motifs is 1. The van der Waals surface area contributed by atoms with Gasteiger partial charge in [0.2, 0.25) is 5.88 Å². The van der Waals surface area contributed by atoms with Crippen LogP contribution in [0, 0.1) is 0 Å². The van der Waals surface area contributed by atoms with Crippen molar-refractivity contribution in [1.82, 2.24) is 9.78 Å². The van der Waals surface area contributed by atoms with E-state index in [9.17, 15) is 0 Å². The predicted molar refractivity (Wildman–Crippen MR) is 64.4 cm³/mol. The number of hydrogen-bond acceptors (Lipinski definition) is 2. The normalized spacial score (nSPS) is 12.3. The topological polar surface area (TPSA) is 27.1 Å². The Morgan fingerprint density at radius 3 is 2.53 bits per heavy atom. The SMILES string of the molecule is CC.CC.CCc1cc2n(n1)CCCO2. The highest BCUT2D eigenvalue weighted by Crippen LogP contribution is 2.18. The first kappa shape index (κ1) is 14.0. The zero-order valence-electron chi connectivity index (χ0n) is 10.7. The van der Waals surface area contributed by atoms with Gasteiger partial charge in [-0.15, -0.1) is 0 Å². The second kappa shape index (κ2) is 8.33. The van der Waals surface area contributed by atoms with Crippen molar-refractivity contribution >= 4 is 0 Å². The average Bonchev–Trinajstić information content (AvgIpc) is 2.77. The lowest BCUT2D eigenvalue weighted by atomic mass is 10.3. The molecule has 2 heterocycles. The van der Waals surface area contributed by atoms with Crippen LogP contribution in [0.3, 0.4) is 0 Å². The minimum absolute atomic E-state index is 0.842. The first-order valence-electron chi connectivity index (χ1n) is 6.09. The Morgan fingerprint density at radius 1 is 1.33 bits per heavy atom. The molecule has 0 saturated heterocycles. The third-order valence-corrected chi connectivity index (χ3v) is 1.92. The third-order valence-electron chi connectivity index (χ3n) is 1.92. The highest BCUT2D eigenvalue weighted by Gasteiger charge is 2.11. The van der Waals surface area contributed by atoms with E-state index in [1.807, 2.05) is 38.4 Å². The number of aryl methyl sites for hydroxylation is 2. The molecule has 2 rings (SSSR count). The van der Waals surface area contributed by atoms with Gasteiger partial charge in [-0.05, 0) is 6.42 Å². The van der Waals surface area contributed by atoms with Gasteiger partial charge in [0.1, 0.15) is 0 Å². The first-order chi connectivity index (χ1) is 7.40. The molecule has 0 N–H and O–H groups in total. The van der Waals surface area contributed by atoms with Crippen LogP contribution in [0.5, 0.6) is 5.88 Å². The van der Waals surface area contributed by atoms with Crippen molar-refractivity contribution in [3.63, 3.8) is 0 Å². The average molecular weight is 212 g/mol. The van der Waals surface area contributed by atoms with Crippen molar-refractivity contribution in [2.45, 2.75) is 54.0 Å². The Kier molecular flexibility index (Phi) is 7.78. The van der Waals surface area contributed by atoms with Gasteiger partial charge in [-0.2, -0.15) is 5.10 Å². The van der Waals surface area contributed by atoms with E-state index in [0.717, 1.165) is 37.6 Å². The number of ether oxygens (including phenoxy) is 1. The molecule has 0 saturated carbocycles. The van der Waals surface area contributed by atoms with E-state index in [0.29, 0.717) is 0 Å². The standard InChI is InChI=1S/C8H12N2O.2C2H6/c1-2-7-6-8-10(9-7)4-3-5-11-8;2*1-2/h6H,2-5H2,1H3;2*1-2H3. The zero-order valence-corrected chi connectivity index (χ0v) is 10.7. The van der Waals surface area contributed by atoms with Crippen LogP contribution >= 0.6 is 0 Å². The van der Waals surface area contributed by atoms with Gasteiger partial charge < -0.3 is 4.74 Å². The molecular formula is C12H24N2O. The third kappa shape index (κ3) is 3.94. The maximum Gasteiger partial charge on any atom is 0.211 e. The molecule has 1 aliphatic rings. The summed E-state index contributed by atoms with van der Waals surface area (Å²) in [5, 5.41) is 4.36. The molecule has 0 fully saturated rings. The Labute approximate surface area is 93.4 Å². The van der Waals surface area contributed by atoms with E-state index in [4.69, 9.17) is 4.74 Å². The maximum atomic E-state index is 5.41. The van der Waals surface area contributed by atoms with E-state index >= 15 is 0 Å². The summed E-state index contributed by atoms with van der Waals surface area (Å²) in [6.07, 6.45) is 2.07. The van der Waals surface area contributed by atoms with Gasteiger partial charge >= 0.3 is 0 Å².